The lowest BCUT2D eigenvalue weighted by Crippen LogP contribution is -2.41. The molecule has 0 radical (unpaired) electrons. The van der Waals surface area contributed by atoms with Crippen molar-refractivity contribution in [3.8, 4) is 23.3 Å². The van der Waals surface area contributed by atoms with E-state index in [4.69, 9.17) is 4.42 Å². The molecular weight excluding hydrogens is 731 g/mol. The van der Waals surface area contributed by atoms with Gasteiger partial charge < -0.3 is 8.82 Å². The van der Waals surface area contributed by atoms with Crippen LogP contribution in [0.4, 0.5) is 0 Å². The summed E-state index contributed by atoms with van der Waals surface area (Å²) in [4.78, 5) is 0. The van der Waals surface area contributed by atoms with Gasteiger partial charge in [0.05, 0.1) is 39.8 Å². The van der Waals surface area contributed by atoms with Crippen molar-refractivity contribution in [3.63, 3.8) is 0 Å². The number of nitriles is 2. The zero-order chi connectivity index (χ0) is 38.7. The number of hydrogen-bond donors (Lipinski definition) is 0. The molecule has 17 rings (SSSR count). The van der Waals surface area contributed by atoms with Crippen LogP contribution in [0, 0.1) is 57.2 Å². The molecule has 3 aromatic heterocycles. The van der Waals surface area contributed by atoms with Gasteiger partial charge in [-0.1, -0.05) is 42.5 Å². The van der Waals surface area contributed by atoms with E-state index in [0.29, 0.717) is 34.5 Å². The molecule has 8 aliphatic carbocycles. The Morgan fingerprint density at radius 3 is 1.60 bits per heavy atom. The quantitative estimate of drug-likeness (QED) is 0.167. The number of aromatic nitrogens is 1. The van der Waals surface area contributed by atoms with Crippen LogP contribution in [-0.4, -0.2) is 4.40 Å². The molecule has 0 aliphatic heterocycles. The van der Waals surface area contributed by atoms with E-state index in [2.05, 4.69) is 95.4 Å². The predicted molar refractivity (Wildman–Crippen MR) is 237 cm³/mol. The molecule has 60 heavy (non-hydrogen) atoms. The van der Waals surface area contributed by atoms with Crippen molar-refractivity contribution in [1.29, 1.82) is 10.5 Å². The van der Waals surface area contributed by atoms with Crippen LogP contribution < -0.4 is 0 Å². The van der Waals surface area contributed by atoms with Gasteiger partial charge in [0.15, 0.2) is 0 Å². The average molecular weight is 772 g/mol. The first-order valence-electron chi connectivity index (χ1n) is 23.1. The maximum atomic E-state index is 11.1. The highest BCUT2D eigenvalue weighted by Crippen LogP contribution is 2.78. The number of para-hydroxylation sites is 1. The summed E-state index contributed by atoms with van der Waals surface area (Å²) in [6.07, 6.45) is 12.9. The Balaban J connectivity index is 1.09. The second-order valence-corrected chi connectivity index (χ2v) is 21.5. The lowest BCUT2D eigenvalue weighted by atomic mass is 9.56. The van der Waals surface area contributed by atoms with Gasteiger partial charge in [-0.05, 0) is 197 Å². The van der Waals surface area contributed by atoms with E-state index >= 15 is 0 Å². The zero-order valence-corrected chi connectivity index (χ0v) is 33.4. The van der Waals surface area contributed by atoms with Gasteiger partial charge in [0.2, 0.25) is 0 Å². The molecule has 286 valence electrons. The van der Waals surface area contributed by atoms with E-state index in [1.165, 1.54) is 152 Å². The van der Waals surface area contributed by atoms with Gasteiger partial charge in [0, 0.05) is 37.9 Å². The van der Waals surface area contributed by atoms with E-state index in [0.717, 1.165) is 51.4 Å². The molecule has 2 spiro atoms. The Kier molecular flexibility index (Phi) is 5.02. The van der Waals surface area contributed by atoms with Crippen LogP contribution in [0.5, 0.6) is 0 Å². The molecule has 10 unspecified atom stereocenters. The normalized spacial score (nSPS) is 33.4. The molecule has 10 atom stereocenters. The van der Waals surface area contributed by atoms with Gasteiger partial charge in [0.1, 0.15) is 11.2 Å². The topological polar surface area (TPSA) is 65.1 Å². The number of fused-ring (bicyclic) bond motifs is 22. The van der Waals surface area contributed by atoms with Crippen LogP contribution in [0.2, 0.25) is 0 Å². The Hall–Kier alpha value is -5.84. The third kappa shape index (κ3) is 3.15. The summed E-state index contributed by atoms with van der Waals surface area (Å²) in [5.41, 5.74) is 16.6. The number of benzene rings is 6. The zero-order valence-electron chi connectivity index (χ0n) is 33.4. The molecule has 4 heteroatoms. The molecule has 9 aromatic rings. The number of nitrogens with zero attached hydrogens (tertiary/aromatic N) is 3. The fourth-order valence-corrected chi connectivity index (χ4v) is 18.1. The maximum Gasteiger partial charge on any atom is 0.136 e. The summed E-state index contributed by atoms with van der Waals surface area (Å²) in [6.45, 7) is 0. The molecule has 6 bridgehead atoms. The average Bonchev–Trinajstić information content (AvgIpc) is 4.10. The van der Waals surface area contributed by atoms with E-state index in [1.807, 2.05) is 0 Å². The van der Waals surface area contributed by atoms with Crippen molar-refractivity contribution in [2.45, 2.75) is 87.9 Å². The summed E-state index contributed by atoms with van der Waals surface area (Å²) in [7, 11) is 0. The van der Waals surface area contributed by atoms with Gasteiger partial charge in [-0.3, -0.25) is 0 Å². The Morgan fingerprint density at radius 2 is 1.03 bits per heavy atom. The Bertz CT molecular complexity index is 3520. The van der Waals surface area contributed by atoms with Crippen molar-refractivity contribution >= 4 is 70.8 Å². The number of rotatable bonds is 1. The minimum Gasteiger partial charge on any atom is -0.456 e. The van der Waals surface area contributed by atoms with Gasteiger partial charge in [-0.15, -0.1) is 0 Å². The molecular formula is C56H41N3O. The summed E-state index contributed by atoms with van der Waals surface area (Å²) in [6, 6.07) is 35.1. The minimum atomic E-state index is 0.475. The molecule has 4 nitrogen and oxygen atoms in total. The SMILES string of the molecule is N#Cc1cc2c(c3c1C1CC4CC5CC3CC45C1)c1cc(-c3c4ccccc4cc4oc5ccccc5c34)cc3c4c5c(c(C#N)cc4n2c13)C1CC2CC3CC5CC23C1. The van der Waals surface area contributed by atoms with Crippen LogP contribution in [0.1, 0.15) is 121 Å². The summed E-state index contributed by atoms with van der Waals surface area (Å²) in [5, 5.41) is 32.5. The van der Waals surface area contributed by atoms with Crippen LogP contribution in [0.15, 0.2) is 83.3 Å². The third-order valence-electron chi connectivity index (χ3n) is 19.9. The number of hydrogen-bond acceptors (Lipinski definition) is 3. The first kappa shape index (κ1) is 31.1. The molecule has 6 aromatic carbocycles. The third-order valence-corrected chi connectivity index (χ3v) is 19.9. The van der Waals surface area contributed by atoms with Crippen molar-refractivity contribution in [1.82, 2.24) is 4.40 Å². The molecule has 0 N–H and O–H groups in total. The second kappa shape index (κ2) is 9.69. The van der Waals surface area contributed by atoms with Gasteiger partial charge in [-0.25, -0.2) is 0 Å². The van der Waals surface area contributed by atoms with Crippen LogP contribution in [0.25, 0.3) is 81.9 Å². The Labute approximate surface area is 346 Å². The molecule has 8 aliphatic rings. The minimum absolute atomic E-state index is 0.475. The van der Waals surface area contributed by atoms with E-state index in [1.54, 1.807) is 0 Å². The molecule has 0 amide bonds. The smallest absolute Gasteiger partial charge is 0.136 e. The van der Waals surface area contributed by atoms with Crippen LogP contribution >= 0.6 is 0 Å². The first-order valence-corrected chi connectivity index (χ1v) is 23.1. The number of furan rings is 1. The first-order chi connectivity index (χ1) is 29.5. The lowest BCUT2D eigenvalue weighted by Gasteiger charge is -2.48. The van der Waals surface area contributed by atoms with Crippen molar-refractivity contribution < 1.29 is 4.42 Å². The molecule has 0 saturated heterocycles. The van der Waals surface area contributed by atoms with Crippen LogP contribution in [-0.2, 0) is 0 Å². The largest absolute Gasteiger partial charge is 0.456 e. The Morgan fingerprint density at radius 1 is 0.517 bits per heavy atom. The van der Waals surface area contributed by atoms with Crippen LogP contribution in [0.3, 0.4) is 0 Å². The highest BCUT2D eigenvalue weighted by atomic mass is 16.3. The molecule has 6 saturated carbocycles. The van der Waals surface area contributed by atoms with Crippen molar-refractivity contribution in [3.05, 3.63) is 112 Å². The lowest BCUT2D eigenvalue weighted by molar-refractivity contribution is 0.00321. The second-order valence-electron chi connectivity index (χ2n) is 21.5. The summed E-state index contributed by atoms with van der Waals surface area (Å²) >= 11 is 0. The van der Waals surface area contributed by atoms with E-state index in [-0.39, 0.29) is 0 Å². The monoisotopic (exact) mass is 771 g/mol. The van der Waals surface area contributed by atoms with Gasteiger partial charge in [-0.2, -0.15) is 10.5 Å². The highest BCUT2D eigenvalue weighted by molar-refractivity contribution is 6.28. The van der Waals surface area contributed by atoms with Gasteiger partial charge >= 0.3 is 0 Å². The standard InChI is InChI=1S/C56H41N3O/c57-24-32-15-42-51(49-30-11-36-18-34-9-28(46(32)49)20-55(34,36)22-30)40-13-27(48-38-6-2-1-5-26(38)17-45-53(48)39-7-3-4-8-44(39)60-45)14-41-52-43(59(42)54(40)41)16-33(25-58)47-29-10-35-19-37-12-31(50(47)52)23-56(35,37)21-29/h1-8,13-17,28-31,34-37H,9-12,18-23H2. The van der Waals surface area contributed by atoms with E-state index in [9.17, 15) is 10.5 Å². The fraction of sp³-hybridized carbons (Fsp3) is 0.357. The highest BCUT2D eigenvalue weighted by Gasteiger charge is 2.67. The maximum absolute atomic E-state index is 11.1. The molecule has 3 heterocycles. The summed E-state index contributed by atoms with van der Waals surface area (Å²) < 4.78 is 9.26. The van der Waals surface area contributed by atoms with Crippen molar-refractivity contribution in [2.24, 2.45) is 34.5 Å². The summed E-state index contributed by atoms with van der Waals surface area (Å²) in [5.74, 6) is 5.28. The fourth-order valence-electron chi connectivity index (χ4n) is 18.1. The molecule has 6 fully saturated rings. The van der Waals surface area contributed by atoms with Crippen molar-refractivity contribution in [2.75, 3.05) is 0 Å². The van der Waals surface area contributed by atoms with E-state index < -0.39 is 0 Å². The van der Waals surface area contributed by atoms with Gasteiger partial charge in [0.25, 0.3) is 0 Å². The predicted octanol–water partition coefficient (Wildman–Crippen LogP) is 14.1.